The van der Waals surface area contributed by atoms with E-state index in [0.29, 0.717) is 18.5 Å². The highest BCUT2D eigenvalue weighted by molar-refractivity contribution is 6.07. The highest BCUT2D eigenvalue weighted by Crippen LogP contribution is 2.32. The van der Waals surface area contributed by atoms with Crippen LogP contribution in [-0.2, 0) is 16.9 Å². The predicted octanol–water partition coefficient (Wildman–Crippen LogP) is 2.60. The maximum Gasteiger partial charge on any atom is 0.326 e. The number of imide groups is 1. The van der Waals surface area contributed by atoms with Crippen molar-refractivity contribution in [2.45, 2.75) is 32.4 Å². The van der Waals surface area contributed by atoms with Crippen molar-refractivity contribution in [3.05, 3.63) is 70.8 Å². The van der Waals surface area contributed by atoms with Crippen LogP contribution >= 0.6 is 0 Å². The van der Waals surface area contributed by atoms with Gasteiger partial charge in [0.2, 0.25) is 0 Å². The molecule has 0 aliphatic carbocycles. The molecule has 1 saturated heterocycles. The van der Waals surface area contributed by atoms with Gasteiger partial charge in [0.1, 0.15) is 5.54 Å². The van der Waals surface area contributed by atoms with Crippen LogP contribution in [0.5, 0.6) is 0 Å². The largest absolute Gasteiger partial charge is 0.355 e. The first-order valence-electron chi connectivity index (χ1n) is 10.0. The molecule has 7 nitrogen and oxygen atoms in total. The van der Waals surface area contributed by atoms with Crippen molar-refractivity contribution in [3.8, 4) is 0 Å². The van der Waals surface area contributed by atoms with E-state index in [4.69, 9.17) is 0 Å². The number of carbonyl (C=O) groups excluding carboxylic acids is 3. The first-order valence-corrected chi connectivity index (χ1v) is 10.0. The van der Waals surface area contributed by atoms with Crippen molar-refractivity contribution in [2.24, 2.45) is 0 Å². The maximum absolute atomic E-state index is 13.3. The molecule has 158 valence electrons. The summed E-state index contributed by atoms with van der Waals surface area (Å²) in [7, 11) is 3.44. The van der Waals surface area contributed by atoms with Crippen molar-refractivity contribution < 1.29 is 14.4 Å². The molecule has 0 aromatic heterocycles. The minimum atomic E-state index is -1.03. The minimum Gasteiger partial charge on any atom is -0.355 e. The molecule has 0 unspecified atom stereocenters. The van der Waals surface area contributed by atoms with E-state index in [1.54, 1.807) is 19.2 Å². The molecule has 0 spiro atoms. The van der Waals surface area contributed by atoms with E-state index in [2.05, 4.69) is 10.6 Å². The van der Waals surface area contributed by atoms with Gasteiger partial charge in [-0.2, -0.15) is 0 Å². The number of amides is 4. The summed E-state index contributed by atoms with van der Waals surface area (Å²) in [5, 5.41) is 5.51. The Kier molecular flexibility index (Phi) is 6.22. The molecule has 0 bridgehead atoms. The molecule has 4 amide bonds. The summed E-state index contributed by atoms with van der Waals surface area (Å²) < 4.78 is 0. The molecule has 2 aromatic carbocycles. The topological polar surface area (TPSA) is 81.8 Å². The summed E-state index contributed by atoms with van der Waals surface area (Å²) in [6.07, 6.45) is 0.474. The van der Waals surface area contributed by atoms with Crippen molar-refractivity contribution in [1.82, 2.24) is 20.4 Å². The number of hydrogen-bond acceptors (Lipinski definition) is 4. The van der Waals surface area contributed by atoms with Gasteiger partial charge in [-0.25, -0.2) is 9.69 Å². The smallest absolute Gasteiger partial charge is 0.326 e. The lowest BCUT2D eigenvalue weighted by Crippen LogP contribution is -2.44. The molecule has 1 aliphatic heterocycles. The van der Waals surface area contributed by atoms with E-state index >= 15 is 0 Å². The zero-order chi connectivity index (χ0) is 21.9. The van der Waals surface area contributed by atoms with Gasteiger partial charge in [0.05, 0.1) is 6.67 Å². The first kappa shape index (κ1) is 21.5. The fourth-order valence-electron chi connectivity index (χ4n) is 3.74. The second-order valence-electron chi connectivity index (χ2n) is 7.72. The molecule has 1 aliphatic rings. The van der Waals surface area contributed by atoms with E-state index in [9.17, 15) is 14.4 Å². The van der Waals surface area contributed by atoms with Crippen molar-refractivity contribution in [2.75, 3.05) is 20.8 Å². The molecule has 3 rings (SSSR count). The van der Waals surface area contributed by atoms with Crippen LogP contribution in [0.2, 0.25) is 0 Å². The summed E-state index contributed by atoms with van der Waals surface area (Å²) in [6.45, 7) is 4.60. The summed E-state index contributed by atoms with van der Waals surface area (Å²) >= 11 is 0. The normalized spacial score (nSPS) is 18.6. The molecular formula is C23H28N4O3. The first-order chi connectivity index (χ1) is 14.3. The van der Waals surface area contributed by atoms with Gasteiger partial charge in [-0.05, 0) is 43.7 Å². The molecule has 30 heavy (non-hydrogen) atoms. The number of rotatable bonds is 7. The van der Waals surface area contributed by atoms with Crippen molar-refractivity contribution >= 4 is 17.8 Å². The van der Waals surface area contributed by atoms with Crippen LogP contribution in [0.3, 0.4) is 0 Å². The summed E-state index contributed by atoms with van der Waals surface area (Å²) in [4.78, 5) is 40.8. The van der Waals surface area contributed by atoms with E-state index in [0.717, 1.165) is 16.7 Å². The molecule has 7 heteroatoms. The average Bonchev–Trinajstić information content (AvgIpc) is 2.99. The highest BCUT2D eigenvalue weighted by Gasteiger charge is 2.51. The molecule has 2 N–H and O–H groups in total. The zero-order valence-electron chi connectivity index (χ0n) is 17.9. The van der Waals surface area contributed by atoms with Crippen LogP contribution in [0.25, 0.3) is 0 Å². The van der Waals surface area contributed by atoms with Crippen molar-refractivity contribution in [1.29, 1.82) is 0 Å². The predicted molar refractivity (Wildman–Crippen MR) is 115 cm³/mol. The fraction of sp³-hybridized carbons (Fsp3) is 0.348. The Labute approximate surface area is 177 Å². The Morgan fingerprint density at radius 3 is 2.30 bits per heavy atom. The Hall–Kier alpha value is -3.19. The van der Waals surface area contributed by atoms with Crippen LogP contribution in [0.15, 0.2) is 48.5 Å². The van der Waals surface area contributed by atoms with E-state index < -0.39 is 5.54 Å². The van der Waals surface area contributed by atoms with Gasteiger partial charge in [0, 0.05) is 19.2 Å². The minimum absolute atomic E-state index is 0.138. The molecule has 2 aromatic rings. The number of benzene rings is 2. The number of aryl methyl sites for hydroxylation is 1. The molecular weight excluding hydrogens is 380 g/mol. The van der Waals surface area contributed by atoms with Gasteiger partial charge in [0.15, 0.2) is 0 Å². The summed E-state index contributed by atoms with van der Waals surface area (Å²) in [5.41, 5.74) is 2.44. The second kappa shape index (κ2) is 8.67. The lowest BCUT2D eigenvalue weighted by molar-refractivity contribution is -0.133. The van der Waals surface area contributed by atoms with Crippen LogP contribution in [0, 0.1) is 6.92 Å². The second-order valence-corrected chi connectivity index (χ2v) is 7.72. The number of urea groups is 1. The van der Waals surface area contributed by atoms with Crippen LogP contribution < -0.4 is 10.6 Å². The van der Waals surface area contributed by atoms with Gasteiger partial charge in [-0.15, -0.1) is 0 Å². The van der Waals surface area contributed by atoms with Gasteiger partial charge >= 0.3 is 6.03 Å². The number of nitrogens with one attached hydrogen (secondary N) is 2. The number of nitrogens with zero attached hydrogens (tertiary/aromatic N) is 2. The van der Waals surface area contributed by atoms with Crippen molar-refractivity contribution in [3.63, 3.8) is 0 Å². The van der Waals surface area contributed by atoms with Gasteiger partial charge in [-0.1, -0.05) is 48.9 Å². The Balaban J connectivity index is 1.71. The van der Waals surface area contributed by atoms with E-state index in [1.165, 1.54) is 4.90 Å². The lowest BCUT2D eigenvalue weighted by atomic mass is 9.87. The number of carbonyl (C=O) groups is 3. The summed E-state index contributed by atoms with van der Waals surface area (Å²) in [5.74, 6) is -0.373. The lowest BCUT2D eigenvalue weighted by Gasteiger charge is -2.27. The quantitative estimate of drug-likeness (QED) is 0.690. The SMILES string of the molecule is CC[C@@]1(c2ccc(C)cc2)NC(=O)N(CN(C)Cc2ccc(C(=O)NC)cc2)C1=O. The molecule has 0 saturated carbocycles. The fourth-order valence-corrected chi connectivity index (χ4v) is 3.74. The molecule has 0 radical (unpaired) electrons. The average molecular weight is 409 g/mol. The van der Waals surface area contributed by atoms with E-state index in [-0.39, 0.29) is 24.5 Å². The van der Waals surface area contributed by atoms with Gasteiger partial charge in [-0.3, -0.25) is 14.5 Å². The Bertz CT molecular complexity index is 940. The standard InChI is InChI=1S/C23H28N4O3/c1-5-23(19-12-6-16(2)7-13-19)21(29)27(22(30)25-23)15-26(4)14-17-8-10-18(11-9-17)20(28)24-3/h6-13H,5,14-15H2,1-4H3,(H,24,28)(H,25,30)/t23-/m0/s1. The molecule has 1 heterocycles. The molecule has 1 fully saturated rings. The summed E-state index contributed by atoms with van der Waals surface area (Å²) in [6, 6.07) is 14.6. The highest BCUT2D eigenvalue weighted by atomic mass is 16.2. The maximum atomic E-state index is 13.3. The third-order valence-electron chi connectivity index (χ3n) is 5.53. The molecule has 1 atom stereocenters. The third-order valence-corrected chi connectivity index (χ3v) is 5.53. The van der Waals surface area contributed by atoms with Gasteiger partial charge in [0.25, 0.3) is 11.8 Å². The van der Waals surface area contributed by atoms with Crippen LogP contribution in [-0.4, -0.2) is 48.4 Å². The monoisotopic (exact) mass is 408 g/mol. The number of hydrogen-bond donors (Lipinski definition) is 2. The Morgan fingerprint density at radius 1 is 1.10 bits per heavy atom. The third kappa shape index (κ3) is 4.07. The zero-order valence-corrected chi connectivity index (χ0v) is 17.9. The van der Waals surface area contributed by atoms with E-state index in [1.807, 2.05) is 62.2 Å². The van der Waals surface area contributed by atoms with Gasteiger partial charge < -0.3 is 10.6 Å². The van der Waals surface area contributed by atoms with Crippen LogP contribution in [0.1, 0.15) is 40.4 Å². The Morgan fingerprint density at radius 2 is 1.73 bits per heavy atom. The van der Waals surface area contributed by atoms with Crippen LogP contribution in [0.4, 0.5) is 4.79 Å².